The van der Waals surface area contributed by atoms with Crippen LogP contribution in [0.2, 0.25) is 0 Å². The SMILES string of the molecule is CN(CC1COc2ccccc2O1)C(=O)c1cn(-c2ccccc2)nc1-c1cccnc1. The number of carbonyl (C=O) groups is 1. The summed E-state index contributed by atoms with van der Waals surface area (Å²) in [5.74, 6) is 1.27. The Hall–Kier alpha value is -4.13. The van der Waals surface area contributed by atoms with Crippen molar-refractivity contribution in [3.63, 3.8) is 0 Å². The van der Waals surface area contributed by atoms with Crippen molar-refractivity contribution in [2.45, 2.75) is 6.10 Å². The van der Waals surface area contributed by atoms with E-state index >= 15 is 0 Å². The number of aromatic nitrogens is 3. The number of nitrogens with zero attached hydrogens (tertiary/aromatic N) is 4. The van der Waals surface area contributed by atoms with E-state index in [2.05, 4.69) is 4.98 Å². The highest BCUT2D eigenvalue weighted by atomic mass is 16.6. The van der Waals surface area contributed by atoms with Crippen LogP contribution in [0.5, 0.6) is 11.5 Å². The van der Waals surface area contributed by atoms with Crippen LogP contribution in [0.4, 0.5) is 0 Å². The van der Waals surface area contributed by atoms with Crippen LogP contribution < -0.4 is 9.47 Å². The molecule has 1 aliphatic rings. The lowest BCUT2D eigenvalue weighted by atomic mass is 10.1. The average molecular weight is 426 g/mol. The fourth-order valence-corrected chi connectivity index (χ4v) is 3.71. The van der Waals surface area contributed by atoms with Crippen molar-refractivity contribution in [1.82, 2.24) is 19.7 Å². The molecule has 0 saturated carbocycles. The van der Waals surface area contributed by atoms with Gasteiger partial charge >= 0.3 is 0 Å². The zero-order chi connectivity index (χ0) is 21.9. The molecule has 2 aromatic carbocycles. The largest absolute Gasteiger partial charge is 0.486 e. The Morgan fingerprint density at radius 3 is 2.62 bits per heavy atom. The maximum atomic E-state index is 13.5. The number of amides is 1. The molecule has 0 bridgehead atoms. The van der Waals surface area contributed by atoms with E-state index in [1.54, 1.807) is 35.2 Å². The summed E-state index contributed by atoms with van der Waals surface area (Å²) in [5, 5.41) is 4.70. The van der Waals surface area contributed by atoms with Crippen LogP contribution in [-0.2, 0) is 0 Å². The second-order valence-corrected chi connectivity index (χ2v) is 7.60. The Labute approximate surface area is 185 Å². The summed E-state index contributed by atoms with van der Waals surface area (Å²) >= 11 is 0. The third kappa shape index (κ3) is 3.92. The first-order chi connectivity index (χ1) is 15.7. The van der Waals surface area contributed by atoms with Crippen molar-refractivity contribution in [2.75, 3.05) is 20.2 Å². The lowest BCUT2D eigenvalue weighted by Crippen LogP contribution is -2.41. The van der Waals surface area contributed by atoms with Gasteiger partial charge in [0.05, 0.1) is 17.8 Å². The first-order valence-corrected chi connectivity index (χ1v) is 10.4. The van der Waals surface area contributed by atoms with Crippen LogP contribution in [-0.4, -0.2) is 51.9 Å². The Balaban J connectivity index is 1.41. The van der Waals surface area contributed by atoms with E-state index in [1.165, 1.54) is 0 Å². The van der Waals surface area contributed by atoms with Gasteiger partial charge in [0, 0.05) is 31.2 Å². The zero-order valence-electron chi connectivity index (χ0n) is 17.6. The molecule has 0 radical (unpaired) electrons. The summed E-state index contributed by atoms with van der Waals surface area (Å²) in [7, 11) is 1.76. The molecule has 5 rings (SSSR count). The molecule has 0 aliphatic carbocycles. The number of ether oxygens (including phenoxy) is 2. The second kappa shape index (κ2) is 8.55. The molecule has 7 heteroatoms. The van der Waals surface area contributed by atoms with E-state index in [-0.39, 0.29) is 12.0 Å². The molecule has 1 atom stereocenters. The quantitative estimate of drug-likeness (QED) is 0.485. The van der Waals surface area contributed by atoms with Crippen LogP contribution in [0.1, 0.15) is 10.4 Å². The van der Waals surface area contributed by atoms with Gasteiger partial charge in [0.1, 0.15) is 12.3 Å². The third-order valence-electron chi connectivity index (χ3n) is 5.29. The van der Waals surface area contributed by atoms with Gasteiger partial charge in [0.25, 0.3) is 5.91 Å². The highest BCUT2D eigenvalue weighted by molar-refractivity contribution is 5.99. The predicted molar refractivity (Wildman–Crippen MR) is 120 cm³/mol. The fraction of sp³-hybridized carbons (Fsp3) is 0.160. The number of benzene rings is 2. The summed E-state index contributed by atoms with van der Waals surface area (Å²) in [6, 6.07) is 21.0. The molecule has 7 nitrogen and oxygen atoms in total. The minimum absolute atomic E-state index is 0.145. The average Bonchev–Trinajstić information content (AvgIpc) is 3.30. The minimum atomic E-state index is -0.259. The van der Waals surface area contributed by atoms with Crippen molar-refractivity contribution in [2.24, 2.45) is 0 Å². The fourth-order valence-electron chi connectivity index (χ4n) is 3.71. The monoisotopic (exact) mass is 426 g/mol. The Morgan fingerprint density at radius 2 is 1.84 bits per heavy atom. The summed E-state index contributed by atoms with van der Waals surface area (Å²) < 4.78 is 13.5. The molecule has 32 heavy (non-hydrogen) atoms. The van der Waals surface area contributed by atoms with Crippen LogP contribution >= 0.6 is 0 Å². The van der Waals surface area contributed by atoms with Gasteiger partial charge in [0.15, 0.2) is 17.6 Å². The molecule has 1 unspecified atom stereocenters. The number of hydrogen-bond acceptors (Lipinski definition) is 5. The van der Waals surface area contributed by atoms with Crippen molar-refractivity contribution < 1.29 is 14.3 Å². The number of likely N-dealkylation sites (N-methyl/N-ethyl adjacent to an activating group) is 1. The van der Waals surface area contributed by atoms with Crippen molar-refractivity contribution in [1.29, 1.82) is 0 Å². The molecule has 0 saturated heterocycles. The van der Waals surface area contributed by atoms with E-state index in [0.29, 0.717) is 30.2 Å². The smallest absolute Gasteiger partial charge is 0.257 e. The summed E-state index contributed by atoms with van der Waals surface area (Å²) in [5.41, 5.74) is 2.75. The van der Waals surface area contributed by atoms with Crippen LogP contribution in [0, 0.1) is 0 Å². The van der Waals surface area contributed by atoms with Gasteiger partial charge in [-0.25, -0.2) is 4.68 Å². The lowest BCUT2D eigenvalue weighted by molar-refractivity contribution is 0.0521. The van der Waals surface area contributed by atoms with Crippen LogP contribution in [0.3, 0.4) is 0 Å². The first-order valence-electron chi connectivity index (χ1n) is 10.4. The highest BCUT2D eigenvalue weighted by Crippen LogP contribution is 2.31. The zero-order valence-corrected chi connectivity index (χ0v) is 17.6. The molecule has 4 aromatic rings. The molecular weight excluding hydrogens is 404 g/mol. The van der Waals surface area contributed by atoms with Gasteiger partial charge in [-0.15, -0.1) is 0 Å². The van der Waals surface area contributed by atoms with Gasteiger partial charge in [-0.3, -0.25) is 9.78 Å². The summed E-state index contributed by atoms with van der Waals surface area (Å²) in [4.78, 5) is 19.3. The van der Waals surface area contributed by atoms with Crippen LogP contribution in [0.25, 0.3) is 16.9 Å². The number of pyridine rings is 1. The summed E-state index contributed by atoms with van der Waals surface area (Å²) in [6.07, 6.45) is 4.92. The predicted octanol–water partition coefficient (Wildman–Crippen LogP) is 3.85. The number of hydrogen-bond donors (Lipinski definition) is 0. The molecule has 1 amide bonds. The molecule has 3 heterocycles. The maximum Gasteiger partial charge on any atom is 0.257 e. The number of rotatable bonds is 5. The highest BCUT2D eigenvalue weighted by Gasteiger charge is 2.27. The molecule has 0 spiro atoms. The van der Waals surface area contributed by atoms with E-state index in [4.69, 9.17) is 14.6 Å². The topological polar surface area (TPSA) is 69.5 Å². The molecule has 160 valence electrons. The van der Waals surface area contributed by atoms with Gasteiger partial charge in [-0.1, -0.05) is 30.3 Å². The van der Waals surface area contributed by atoms with Crippen LogP contribution in [0.15, 0.2) is 85.3 Å². The Kier molecular flexibility index (Phi) is 5.29. The number of carbonyl (C=O) groups excluding carboxylic acids is 1. The minimum Gasteiger partial charge on any atom is -0.486 e. The Bertz CT molecular complexity index is 1220. The van der Waals surface area contributed by atoms with E-state index in [9.17, 15) is 4.79 Å². The number of fused-ring (bicyclic) bond motifs is 1. The first kappa shape index (κ1) is 19.8. The van der Waals surface area contributed by atoms with Crippen molar-refractivity contribution >= 4 is 5.91 Å². The molecular formula is C25H22N4O3. The van der Waals surface area contributed by atoms with E-state index in [1.807, 2.05) is 66.7 Å². The normalized spacial score (nSPS) is 14.7. The van der Waals surface area contributed by atoms with E-state index < -0.39 is 0 Å². The van der Waals surface area contributed by atoms with Crippen molar-refractivity contribution in [3.05, 3.63) is 90.9 Å². The van der Waals surface area contributed by atoms with Gasteiger partial charge < -0.3 is 14.4 Å². The lowest BCUT2D eigenvalue weighted by Gasteiger charge is -2.29. The standard InChI is InChI=1S/C25H22N4O3/c1-28(15-20-17-31-22-11-5-6-12-23(22)32-20)25(30)21-16-29(19-9-3-2-4-10-19)27-24(21)18-8-7-13-26-14-18/h2-14,16,20H,15,17H2,1H3. The second-order valence-electron chi connectivity index (χ2n) is 7.60. The van der Waals surface area contributed by atoms with Gasteiger partial charge in [-0.2, -0.15) is 5.10 Å². The molecule has 2 aromatic heterocycles. The molecule has 0 fully saturated rings. The van der Waals surface area contributed by atoms with Gasteiger partial charge in [0.2, 0.25) is 0 Å². The Morgan fingerprint density at radius 1 is 1.06 bits per heavy atom. The summed E-state index contributed by atoms with van der Waals surface area (Å²) in [6.45, 7) is 0.767. The maximum absolute atomic E-state index is 13.5. The molecule has 0 N–H and O–H groups in total. The van der Waals surface area contributed by atoms with E-state index in [0.717, 1.165) is 17.0 Å². The third-order valence-corrected chi connectivity index (χ3v) is 5.29. The number of para-hydroxylation sites is 3. The van der Waals surface area contributed by atoms with Gasteiger partial charge in [-0.05, 0) is 36.4 Å². The molecule has 1 aliphatic heterocycles. The van der Waals surface area contributed by atoms with Crippen molar-refractivity contribution in [3.8, 4) is 28.4 Å².